The Hall–Kier alpha value is -4.09. The summed E-state index contributed by atoms with van der Waals surface area (Å²) in [5.41, 5.74) is -0.208. The molecule has 1 fully saturated rings. The van der Waals surface area contributed by atoms with Gasteiger partial charge in [0.25, 0.3) is 18.2 Å². The maximum Gasteiger partial charge on any atom is 0.490 e. The number of fused-ring (bicyclic) bond motifs is 1. The molecule has 18 heteroatoms. The van der Waals surface area contributed by atoms with Crippen molar-refractivity contribution in [3.8, 4) is 5.88 Å². The van der Waals surface area contributed by atoms with Crippen LogP contribution in [0.3, 0.4) is 0 Å². The van der Waals surface area contributed by atoms with Crippen LogP contribution in [0, 0.1) is 0 Å². The van der Waals surface area contributed by atoms with Crippen molar-refractivity contribution >= 4 is 23.3 Å². The number of carboxylic acid groups (broad SMARTS) is 1. The van der Waals surface area contributed by atoms with E-state index in [4.69, 9.17) is 19.4 Å². The van der Waals surface area contributed by atoms with E-state index in [2.05, 4.69) is 20.3 Å². The molecule has 10 nitrogen and oxygen atoms in total. The third-order valence-electron chi connectivity index (χ3n) is 5.15. The fourth-order valence-corrected chi connectivity index (χ4v) is 3.37. The van der Waals surface area contributed by atoms with Gasteiger partial charge in [0.05, 0.1) is 11.9 Å². The van der Waals surface area contributed by atoms with E-state index in [0.29, 0.717) is 31.7 Å². The number of hydrogen-bond acceptors (Lipinski definition) is 7. The highest BCUT2D eigenvalue weighted by atomic mass is 19.4. The number of anilines is 1. The summed E-state index contributed by atoms with van der Waals surface area (Å²) < 4.78 is 107. The number of aliphatic carboxylic acids is 1. The number of nitrogens with zero attached hydrogens (tertiary/aromatic N) is 4. The van der Waals surface area contributed by atoms with Crippen molar-refractivity contribution < 1.29 is 59.3 Å². The second-order valence-electron chi connectivity index (χ2n) is 8.12. The summed E-state index contributed by atoms with van der Waals surface area (Å²) in [4.78, 5) is 33.3. The minimum absolute atomic E-state index is 0.0495. The predicted molar refractivity (Wildman–Crippen MR) is 118 cm³/mol. The van der Waals surface area contributed by atoms with E-state index >= 15 is 0 Å². The minimum atomic E-state index is -5.08. The lowest BCUT2D eigenvalue weighted by Crippen LogP contribution is -2.21. The van der Waals surface area contributed by atoms with Crippen molar-refractivity contribution in [2.24, 2.45) is 0 Å². The second-order valence-corrected chi connectivity index (χ2v) is 8.12. The van der Waals surface area contributed by atoms with Crippen molar-refractivity contribution in [1.82, 2.24) is 19.4 Å². The number of pyridine rings is 1. The van der Waals surface area contributed by atoms with Crippen LogP contribution >= 0.6 is 0 Å². The number of carboxylic acids is 1. The number of carbonyl (C=O) groups is 2. The van der Waals surface area contributed by atoms with E-state index in [-0.39, 0.29) is 23.1 Å². The van der Waals surface area contributed by atoms with Gasteiger partial charge in [0.2, 0.25) is 5.65 Å². The first-order valence-corrected chi connectivity index (χ1v) is 11.2. The number of nitrogens with one attached hydrogen (secondary N) is 1. The number of rotatable bonds is 6. The Labute approximate surface area is 218 Å². The van der Waals surface area contributed by atoms with Gasteiger partial charge in [0.1, 0.15) is 11.4 Å². The lowest BCUT2D eigenvalue weighted by molar-refractivity contribution is -0.192. The first kappa shape index (κ1) is 30.5. The first-order valence-electron chi connectivity index (χ1n) is 11.2. The molecule has 1 amide bonds. The zero-order valence-electron chi connectivity index (χ0n) is 20.0. The van der Waals surface area contributed by atoms with Crippen molar-refractivity contribution in [3.63, 3.8) is 0 Å². The van der Waals surface area contributed by atoms with Crippen molar-refractivity contribution in [3.05, 3.63) is 47.7 Å². The first-order chi connectivity index (χ1) is 18.6. The van der Waals surface area contributed by atoms with Gasteiger partial charge in [-0.25, -0.2) is 23.5 Å². The molecule has 0 aromatic carbocycles. The topological polar surface area (TPSA) is 128 Å². The maximum absolute atomic E-state index is 12.9. The summed E-state index contributed by atoms with van der Waals surface area (Å²) in [5.74, 6) is -4.17. The molecule has 218 valence electrons. The summed E-state index contributed by atoms with van der Waals surface area (Å²) in [7, 11) is 0. The van der Waals surface area contributed by atoms with Crippen molar-refractivity contribution in [2.75, 3.05) is 25.1 Å². The molecule has 4 heterocycles. The predicted octanol–water partition coefficient (Wildman–Crippen LogP) is 4.78. The Balaban J connectivity index is 0.000000559. The Morgan fingerprint density at radius 2 is 1.73 bits per heavy atom. The van der Waals surface area contributed by atoms with Gasteiger partial charge in [0.15, 0.2) is 12.4 Å². The summed E-state index contributed by atoms with van der Waals surface area (Å²) >= 11 is 0. The van der Waals surface area contributed by atoms with Crippen LogP contribution < -0.4 is 10.1 Å². The molecule has 0 radical (unpaired) electrons. The van der Waals surface area contributed by atoms with E-state index in [1.807, 2.05) is 0 Å². The molecule has 0 atom stereocenters. The maximum atomic E-state index is 12.9. The van der Waals surface area contributed by atoms with Crippen LogP contribution in [-0.4, -0.2) is 68.5 Å². The number of imidazole rings is 1. The molecular weight excluding hydrogens is 566 g/mol. The van der Waals surface area contributed by atoms with Crippen molar-refractivity contribution in [2.45, 2.75) is 37.5 Å². The molecule has 0 unspecified atom stereocenters. The molecule has 3 aromatic heterocycles. The molecular formula is C22H19F8N5O5. The van der Waals surface area contributed by atoms with E-state index < -0.39 is 48.8 Å². The van der Waals surface area contributed by atoms with Gasteiger partial charge in [-0.15, -0.1) is 0 Å². The highest BCUT2D eigenvalue weighted by molar-refractivity contribution is 6.02. The van der Waals surface area contributed by atoms with Gasteiger partial charge in [-0.3, -0.25) is 9.20 Å². The van der Waals surface area contributed by atoms with Crippen LogP contribution in [0.5, 0.6) is 5.88 Å². The molecule has 0 spiro atoms. The lowest BCUT2D eigenvalue weighted by Gasteiger charge is -2.19. The Kier molecular flexibility index (Phi) is 9.44. The normalized spacial score (nSPS) is 14.5. The number of amides is 1. The van der Waals surface area contributed by atoms with Crippen LogP contribution in [0.25, 0.3) is 5.65 Å². The van der Waals surface area contributed by atoms with Crippen LogP contribution in [0.1, 0.15) is 47.1 Å². The third kappa shape index (κ3) is 8.45. The minimum Gasteiger partial charge on any atom is -0.475 e. The van der Waals surface area contributed by atoms with Gasteiger partial charge in [-0.1, -0.05) is 6.07 Å². The van der Waals surface area contributed by atoms with Crippen LogP contribution in [-0.2, 0) is 9.53 Å². The number of carbonyl (C=O) groups excluding carboxylic acids is 1. The van der Waals surface area contributed by atoms with Crippen LogP contribution in [0.2, 0.25) is 0 Å². The summed E-state index contributed by atoms with van der Waals surface area (Å²) in [6, 6.07) is 3.54. The van der Waals surface area contributed by atoms with E-state index in [1.165, 1.54) is 22.7 Å². The average molecular weight is 585 g/mol. The Bertz CT molecular complexity index is 1340. The average Bonchev–Trinajstić information content (AvgIpc) is 3.31. The largest absolute Gasteiger partial charge is 0.490 e. The quantitative estimate of drug-likeness (QED) is 0.396. The summed E-state index contributed by atoms with van der Waals surface area (Å²) in [5, 5.41) is 9.48. The molecule has 0 bridgehead atoms. The van der Waals surface area contributed by atoms with Gasteiger partial charge < -0.3 is 19.9 Å². The van der Waals surface area contributed by atoms with Gasteiger partial charge >= 0.3 is 18.3 Å². The smallest absolute Gasteiger partial charge is 0.475 e. The SMILES string of the molecule is O=C(Nc1cn2cc(C3CCOCC3)nc2c(OCC(F)(F)F)n1)c1cccc(C(F)F)n1.O=C(O)C(F)(F)F. The third-order valence-corrected chi connectivity index (χ3v) is 5.15. The summed E-state index contributed by atoms with van der Waals surface area (Å²) in [6.45, 7) is -0.523. The lowest BCUT2D eigenvalue weighted by atomic mass is 9.97. The fraction of sp³-hybridized carbons (Fsp3) is 0.409. The zero-order valence-corrected chi connectivity index (χ0v) is 20.0. The zero-order chi connectivity index (χ0) is 29.7. The number of ether oxygens (including phenoxy) is 2. The molecule has 1 aliphatic rings. The van der Waals surface area contributed by atoms with E-state index in [9.17, 15) is 39.9 Å². The van der Waals surface area contributed by atoms with Crippen LogP contribution in [0.4, 0.5) is 40.9 Å². The number of alkyl halides is 8. The van der Waals surface area contributed by atoms with Gasteiger partial charge in [-0.2, -0.15) is 31.3 Å². The number of hydrogen-bond donors (Lipinski definition) is 2. The molecule has 0 aliphatic carbocycles. The van der Waals surface area contributed by atoms with Gasteiger partial charge in [-0.05, 0) is 25.0 Å². The standard InChI is InChI=1S/C20H18F5N5O3.C2HF3O2/c21-16(22)12-2-1-3-13(26-12)18(31)28-15-9-30-8-14(11-4-6-32-7-5-11)27-17(30)19(29-15)33-10-20(23,24)25;3-2(4,5)1(6)7/h1-3,8-9,11,16H,4-7,10H2,(H,28,31);(H,6,7). The van der Waals surface area contributed by atoms with Gasteiger partial charge in [0, 0.05) is 25.3 Å². The molecule has 1 saturated heterocycles. The number of aromatic nitrogens is 4. The number of halogens is 8. The Morgan fingerprint density at radius 1 is 1.07 bits per heavy atom. The van der Waals surface area contributed by atoms with E-state index in [1.54, 1.807) is 6.20 Å². The summed E-state index contributed by atoms with van der Waals surface area (Å²) in [6.07, 6.45) is -8.20. The molecule has 2 N–H and O–H groups in total. The molecule has 40 heavy (non-hydrogen) atoms. The van der Waals surface area contributed by atoms with Crippen molar-refractivity contribution in [1.29, 1.82) is 0 Å². The Morgan fingerprint density at radius 3 is 2.30 bits per heavy atom. The molecule has 1 aliphatic heterocycles. The second kappa shape index (κ2) is 12.4. The monoisotopic (exact) mass is 585 g/mol. The molecule has 0 saturated carbocycles. The molecule has 4 rings (SSSR count). The highest BCUT2D eigenvalue weighted by Gasteiger charge is 2.38. The molecule has 3 aromatic rings. The van der Waals surface area contributed by atoms with E-state index in [0.717, 1.165) is 6.07 Å². The van der Waals surface area contributed by atoms with Crippen LogP contribution in [0.15, 0.2) is 30.6 Å². The highest BCUT2D eigenvalue weighted by Crippen LogP contribution is 2.30. The fourth-order valence-electron chi connectivity index (χ4n) is 3.37.